The summed E-state index contributed by atoms with van der Waals surface area (Å²) >= 11 is 7.13. The fourth-order valence-corrected chi connectivity index (χ4v) is 4.74. The van der Waals surface area contributed by atoms with Crippen molar-refractivity contribution in [1.82, 2.24) is 9.97 Å². The molecule has 1 unspecified atom stereocenters. The van der Waals surface area contributed by atoms with E-state index in [-0.39, 0.29) is 27.9 Å². The molecule has 1 aliphatic rings. The second-order valence-electron chi connectivity index (χ2n) is 7.09. The van der Waals surface area contributed by atoms with Crippen molar-refractivity contribution in [3.05, 3.63) is 81.1 Å². The first-order valence-electron chi connectivity index (χ1n) is 9.94. The minimum atomic E-state index is -1.00. The standard InChI is InChI=1S/C23H18ClN3O5S/c1-3-32-22(31)20-12(2)26-23(33-20)27-17(14-5-4-6-15(24)11-14)16(19(29)21(27)30)18(28)13-7-9-25-10-8-13/h4-11,17,28H,3H2,1-2H3/b18-16+. The third kappa shape index (κ3) is 4.12. The summed E-state index contributed by atoms with van der Waals surface area (Å²) in [5.74, 6) is -2.66. The fourth-order valence-electron chi connectivity index (χ4n) is 3.56. The molecule has 2 aromatic heterocycles. The Hall–Kier alpha value is -3.56. The summed E-state index contributed by atoms with van der Waals surface area (Å²) in [5.41, 5.74) is 1.09. The first-order valence-corrected chi connectivity index (χ1v) is 11.1. The van der Waals surface area contributed by atoms with Gasteiger partial charge in [0.2, 0.25) is 0 Å². The summed E-state index contributed by atoms with van der Waals surface area (Å²) in [7, 11) is 0. The smallest absolute Gasteiger partial charge is 0.350 e. The third-order valence-corrected chi connectivity index (χ3v) is 6.39. The summed E-state index contributed by atoms with van der Waals surface area (Å²) in [4.78, 5) is 48.3. The number of aromatic nitrogens is 2. The Bertz CT molecular complexity index is 1290. The van der Waals surface area contributed by atoms with Gasteiger partial charge in [-0.2, -0.15) is 0 Å². The van der Waals surface area contributed by atoms with Crippen molar-refractivity contribution in [2.75, 3.05) is 11.5 Å². The van der Waals surface area contributed by atoms with Gasteiger partial charge in [0.05, 0.1) is 23.9 Å². The van der Waals surface area contributed by atoms with E-state index in [1.54, 1.807) is 38.1 Å². The number of aryl methyl sites for hydroxylation is 1. The van der Waals surface area contributed by atoms with E-state index >= 15 is 0 Å². The van der Waals surface area contributed by atoms with E-state index < -0.39 is 23.7 Å². The summed E-state index contributed by atoms with van der Waals surface area (Å²) < 4.78 is 5.07. The zero-order chi connectivity index (χ0) is 23.7. The highest BCUT2D eigenvalue weighted by atomic mass is 35.5. The Morgan fingerprint density at radius 1 is 1.24 bits per heavy atom. The average molecular weight is 484 g/mol. The summed E-state index contributed by atoms with van der Waals surface area (Å²) in [5, 5.41) is 11.5. The van der Waals surface area contributed by atoms with Crippen molar-refractivity contribution in [1.29, 1.82) is 0 Å². The molecule has 1 fully saturated rings. The predicted octanol–water partition coefficient (Wildman–Crippen LogP) is 4.30. The number of thiazole rings is 1. The predicted molar refractivity (Wildman–Crippen MR) is 123 cm³/mol. The number of benzene rings is 1. The minimum absolute atomic E-state index is 0.112. The van der Waals surface area contributed by atoms with Crippen LogP contribution in [0.15, 0.2) is 54.4 Å². The van der Waals surface area contributed by atoms with Crippen LogP contribution in [0.4, 0.5) is 5.13 Å². The van der Waals surface area contributed by atoms with Crippen molar-refractivity contribution >= 4 is 51.5 Å². The SMILES string of the molecule is CCOC(=O)c1sc(N2C(=O)C(=O)/C(=C(/O)c3ccncc3)C2c2cccc(Cl)c2)nc1C. The van der Waals surface area contributed by atoms with Crippen LogP contribution in [0.25, 0.3) is 5.76 Å². The highest BCUT2D eigenvalue weighted by molar-refractivity contribution is 7.17. The molecule has 0 bridgehead atoms. The van der Waals surface area contributed by atoms with Crippen LogP contribution < -0.4 is 4.90 Å². The van der Waals surface area contributed by atoms with Crippen molar-refractivity contribution in [2.24, 2.45) is 0 Å². The number of halogens is 1. The molecule has 1 aliphatic heterocycles. The van der Waals surface area contributed by atoms with Crippen LogP contribution in [0.2, 0.25) is 5.02 Å². The third-order valence-electron chi connectivity index (χ3n) is 5.01. The van der Waals surface area contributed by atoms with Gasteiger partial charge in [0, 0.05) is 23.0 Å². The molecule has 0 aliphatic carbocycles. The van der Waals surface area contributed by atoms with Gasteiger partial charge < -0.3 is 9.84 Å². The van der Waals surface area contributed by atoms with Gasteiger partial charge in [0.25, 0.3) is 5.78 Å². The van der Waals surface area contributed by atoms with E-state index in [0.29, 0.717) is 21.8 Å². The lowest BCUT2D eigenvalue weighted by Crippen LogP contribution is -2.29. The quantitative estimate of drug-likeness (QED) is 0.249. The number of esters is 1. The van der Waals surface area contributed by atoms with Crippen LogP contribution >= 0.6 is 22.9 Å². The molecule has 0 saturated carbocycles. The maximum absolute atomic E-state index is 13.2. The molecule has 1 N–H and O–H groups in total. The highest BCUT2D eigenvalue weighted by Gasteiger charge is 2.48. The first-order chi connectivity index (χ1) is 15.8. The molecule has 1 amide bonds. The molecule has 1 atom stereocenters. The number of hydrogen-bond acceptors (Lipinski definition) is 8. The highest BCUT2D eigenvalue weighted by Crippen LogP contribution is 2.44. The molecule has 33 heavy (non-hydrogen) atoms. The molecule has 4 rings (SSSR count). The van der Waals surface area contributed by atoms with Gasteiger partial charge >= 0.3 is 11.9 Å². The number of hydrogen-bond donors (Lipinski definition) is 1. The van der Waals surface area contributed by atoms with E-state index in [1.807, 2.05) is 0 Å². The molecular formula is C23H18ClN3O5S. The molecule has 168 valence electrons. The molecular weight excluding hydrogens is 466 g/mol. The van der Waals surface area contributed by atoms with Crippen LogP contribution in [0.3, 0.4) is 0 Å². The van der Waals surface area contributed by atoms with Crippen LogP contribution in [-0.4, -0.2) is 39.3 Å². The van der Waals surface area contributed by atoms with Crippen molar-refractivity contribution < 1.29 is 24.2 Å². The number of carbonyl (C=O) groups is 3. The van der Waals surface area contributed by atoms with Crippen LogP contribution in [0.5, 0.6) is 0 Å². The zero-order valence-electron chi connectivity index (χ0n) is 17.6. The van der Waals surface area contributed by atoms with Gasteiger partial charge in [-0.3, -0.25) is 19.5 Å². The van der Waals surface area contributed by atoms with Crippen LogP contribution in [-0.2, 0) is 14.3 Å². The van der Waals surface area contributed by atoms with Crippen molar-refractivity contribution in [3.63, 3.8) is 0 Å². The normalized spacial score (nSPS) is 17.4. The second kappa shape index (κ2) is 9.13. The number of ether oxygens (including phenoxy) is 1. The lowest BCUT2D eigenvalue weighted by Gasteiger charge is -2.23. The Labute approximate surface area is 198 Å². The van der Waals surface area contributed by atoms with Gasteiger partial charge in [-0.1, -0.05) is 35.1 Å². The van der Waals surface area contributed by atoms with E-state index in [9.17, 15) is 19.5 Å². The molecule has 10 heteroatoms. The molecule has 8 nitrogen and oxygen atoms in total. The molecule has 3 aromatic rings. The van der Waals surface area contributed by atoms with Gasteiger partial charge in [0.1, 0.15) is 10.6 Å². The summed E-state index contributed by atoms with van der Waals surface area (Å²) in [6, 6.07) is 8.71. The van der Waals surface area contributed by atoms with Gasteiger partial charge in [-0.05, 0) is 43.7 Å². The second-order valence-corrected chi connectivity index (χ2v) is 8.51. The number of anilines is 1. The largest absolute Gasteiger partial charge is 0.507 e. The van der Waals surface area contributed by atoms with Crippen LogP contribution in [0.1, 0.15) is 39.5 Å². The van der Waals surface area contributed by atoms with Gasteiger partial charge in [-0.15, -0.1) is 0 Å². The number of rotatable bonds is 5. The lowest BCUT2D eigenvalue weighted by atomic mass is 9.96. The lowest BCUT2D eigenvalue weighted by molar-refractivity contribution is -0.132. The van der Waals surface area contributed by atoms with E-state index in [2.05, 4.69) is 9.97 Å². The molecule has 0 radical (unpaired) electrons. The Morgan fingerprint density at radius 2 is 1.97 bits per heavy atom. The Morgan fingerprint density at radius 3 is 2.64 bits per heavy atom. The summed E-state index contributed by atoms with van der Waals surface area (Å²) in [6.07, 6.45) is 2.94. The topological polar surface area (TPSA) is 110 Å². The van der Waals surface area contributed by atoms with Gasteiger partial charge in [0.15, 0.2) is 5.13 Å². The maximum Gasteiger partial charge on any atom is 0.350 e. The fraction of sp³-hybridized carbons (Fsp3) is 0.174. The number of aliphatic hydroxyl groups excluding tert-OH is 1. The van der Waals surface area contributed by atoms with Gasteiger partial charge in [-0.25, -0.2) is 9.78 Å². The molecule has 3 heterocycles. The minimum Gasteiger partial charge on any atom is -0.507 e. The number of aliphatic hydroxyl groups is 1. The van der Waals surface area contributed by atoms with Crippen molar-refractivity contribution in [3.8, 4) is 0 Å². The summed E-state index contributed by atoms with van der Waals surface area (Å²) in [6.45, 7) is 3.49. The van der Waals surface area contributed by atoms with E-state index in [0.717, 1.165) is 11.3 Å². The Balaban J connectivity index is 1.92. The average Bonchev–Trinajstić information content (AvgIpc) is 3.31. The number of pyridine rings is 1. The molecule has 1 saturated heterocycles. The monoisotopic (exact) mass is 483 g/mol. The van der Waals surface area contributed by atoms with Crippen molar-refractivity contribution in [2.45, 2.75) is 19.9 Å². The number of carbonyl (C=O) groups excluding carboxylic acids is 3. The van der Waals surface area contributed by atoms with E-state index in [4.69, 9.17) is 16.3 Å². The first kappa shape index (κ1) is 22.6. The number of nitrogens with zero attached hydrogens (tertiary/aromatic N) is 3. The number of ketones is 1. The van der Waals surface area contributed by atoms with E-state index in [1.165, 1.54) is 29.4 Å². The number of Topliss-reactive ketones (excluding diaryl/α,β-unsaturated/α-hetero) is 1. The van der Waals surface area contributed by atoms with Crippen LogP contribution in [0, 0.1) is 6.92 Å². The number of amides is 1. The molecule has 1 aromatic carbocycles. The zero-order valence-corrected chi connectivity index (χ0v) is 19.2. The maximum atomic E-state index is 13.2. The molecule has 0 spiro atoms. The Kier molecular flexibility index (Phi) is 6.26.